The molecule has 1 saturated carbocycles. The lowest BCUT2D eigenvalue weighted by atomic mass is 9.75. The van der Waals surface area contributed by atoms with Gasteiger partial charge in [0, 0.05) is 18.9 Å². The van der Waals surface area contributed by atoms with Gasteiger partial charge in [-0.1, -0.05) is 35.3 Å². The minimum atomic E-state index is -1.23. The van der Waals surface area contributed by atoms with E-state index < -0.39 is 5.41 Å². The maximum absolute atomic E-state index is 13.7. The van der Waals surface area contributed by atoms with E-state index in [2.05, 4.69) is 20.3 Å². The summed E-state index contributed by atoms with van der Waals surface area (Å²) in [5, 5.41) is 10.2. The molecule has 1 aromatic carbocycles. The Morgan fingerprint density at radius 2 is 1.94 bits per heavy atom. The molecular formula is C22H26N4O5. The number of carbonyl (C=O) groups excluding carboxylic acids is 3. The molecule has 0 spiro atoms. The number of imide groups is 1. The van der Waals surface area contributed by atoms with E-state index in [0.717, 1.165) is 25.7 Å². The van der Waals surface area contributed by atoms with Gasteiger partial charge in [0.2, 0.25) is 17.7 Å². The van der Waals surface area contributed by atoms with Crippen molar-refractivity contribution in [3.8, 4) is 5.75 Å². The molecule has 1 N–H and O–H groups in total. The molecule has 9 nitrogen and oxygen atoms in total. The summed E-state index contributed by atoms with van der Waals surface area (Å²) < 4.78 is 9.88. The number of nitrogens with zero attached hydrogens (tertiary/aromatic N) is 3. The summed E-state index contributed by atoms with van der Waals surface area (Å²) >= 11 is 0. The average Bonchev–Trinajstić information content (AvgIpc) is 3.48. The number of carbonyl (C=O) groups is 3. The van der Waals surface area contributed by atoms with Crippen LogP contribution in [0.3, 0.4) is 0 Å². The van der Waals surface area contributed by atoms with Crippen LogP contribution in [0.5, 0.6) is 5.75 Å². The van der Waals surface area contributed by atoms with Crippen molar-refractivity contribution < 1.29 is 23.7 Å². The van der Waals surface area contributed by atoms with Crippen LogP contribution in [-0.2, 0) is 26.3 Å². The quantitative estimate of drug-likeness (QED) is 0.674. The summed E-state index contributed by atoms with van der Waals surface area (Å²) in [6.45, 7) is 1.87. The molecule has 3 amide bonds. The van der Waals surface area contributed by atoms with Crippen LogP contribution in [0.25, 0.3) is 0 Å². The number of aryl methyl sites for hydroxylation is 1. The van der Waals surface area contributed by atoms with Crippen molar-refractivity contribution in [2.75, 3.05) is 7.11 Å². The van der Waals surface area contributed by atoms with Gasteiger partial charge in [0.15, 0.2) is 0 Å². The van der Waals surface area contributed by atoms with Crippen molar-refractivity contribution in [2.24, 2.45) is 0 Å². The lowest BCUT2D eigenvalue weighted by Crippen LogP contribution is -2.45. The molecule has 1 aliphatic heterocycles. The van der Waals surface area contributed by atoms with Crippen molar-refractivity contribution in [3.05, 3.63) is 41.2 Å². The molecule has 4 rings (SSSR count). The van der Waals surface area contributed by atoms with Gasteiger partial charge in [-0.05, 0) is 37.5 Å². The fourth-order valence-corrected chi connectivity index (χ4v) is 4.60. The van der Waals surface area contributed by atoms with Gasteiger partial charge in [-0.3, -0.25) is 19.3 Å². The minimum Gasteiger partial charge on any atom is -0.497 e. The molecular weight excluding hydrogens is 400 g/mol. The number of ether oxygens (including phenoxy) is 1. The molecule has 2 heterocycles. The van der Waals surface area contributed by atoms with Gasteiger partial charge in [-0.15, -0.1) is 0 Å². The molecule has 2 aromatic rings. The normalized spacial score (nSPS) is 21.7. The third-order valence-corrected chi connectivity index (χ3v) is 6.34. The number of amides is 3. The first kappa shape index (κ1) is 21.0. The van der Waals surface area contributed by atoms with Crippen LogP contribution in [-0.4, -0.2) is 46.1 Å². The van der Waals surface area contributed by atoms with Gasteiger partial charge in [-0.25, -0.2) is 4.63 Å². The molecule has 1 aromatic heterocycles. The molecule has 2 aliphatic rings. The molecule has 1 saturated heterocycles. The molecule has 0 radical (unpaired) electrons. The Bertz CT molecular complexity index is 980. The molecule has 31 heavy (non-hydrogen) atoms. The second-order valence-corrected chi connectivity index (χ2v) is 8.24. The van der Waals surface area contributed by atoms with Gasteiger partial charge in [0.25, 0.3) is 0 Å². The Balaban J connectivity index is 1.61. The van der Waals surface area contributed by atoms with Crippen molar-refractivity contribution >= 4 is 17.7 Å². The maximum Gasteiger partial charge on any atom is 0.241 e. The fourth-order valence-electron chi connectivity index (χ4n) is 4.60. The van der Waals surface area contributed by atoms with Crippen LogP contribution >= 0.6 is 0 Å². The monoisotopic (exact) mass is 426 g/mol. The number of hydrogen-bond acceptors (Lipinski definition) is 7. The summed E-state index contributed by atoms with van der Waals surface area (Å²) in [5.74, 6) is -0.199. The first-order valence-corrected chi connectivity index (χ1v) is 10.5. The topological polar surface area (TPSA) is 115 Å². The minimum absolute atomic E-state index is 0.0212. The summed E-state index contributed by atoms with van der Waals surface area (Å²) in [6, 6.07) is 6.94. The highest BCUT2D eigenvalue weighted by molar-refractivity contribution is 6.11. The predicted octanol–water partition coefficient (Wildman–Crippen LogP) is 2.03. The zero-order valence-electron chi connectivity index (χ0n) is 17.7. The third kappa shape index (κ3) is 3.92. The van der Waals surface area contributed by atoms with Crippen LogP contribution in [0.2, 0.25) is 0 Å². The molecule has 0 unspecified atom stereocenters. The highest BCUT2D eigenvalue weighted by atomic mass is 16.6. The van der Waals surface area contributed by atoms with Crippen molar-refractivity contribution in [3.63, 3.8) is 0 Å². The Morgan fingerprint density at radius 1 is 1.23 bits per heavy atom. The standard InChI is InChI=1S/C22H26N4O5/c1-14-18(25-31-24-14)13-23-19(27)11-22(15-7-9-17(30-2)10-8-15)12-20(28)26(21(22)29)16-5-3-4-6-16/h7-10,16H,3-6,11-13H2,1-2H3,(H,23,27)/t22-/m1/s1. The summed E-state index contributed by atoms with van der Waals surface area (Å²) in [6.07, 6.45) is 3.50. The number of aromatic nitrogens is 2. The van der Waals surface area contributed by atoms with E-state index in [9.17, 15) is 14.4 Å². The third-order valence-electron chi connectivity index (χ3n) is 6.34. The van der Waals surface area contributed by atoms with Crippen LogP contribution in [0, 0.1) is 6.92 Å². The zero-order chi connectivity index (χ0) is 22.0. The number of benzene rings is 1. The average molecular weight is 426 g/mol. The van der Waals surface area contributed by atoms with E-state index in [1.54, 1.807) is 38.3 Å². The molecule has 1 atom stereocenters. The van der Waals surface area contributed by atoms with Gasteiger partial charge in [0.1, 0.15) is 17.1 Å². The second kappa shape index (κ2) is 8.49. The van der Waals surface area contributed by atoms with E-state index in [4.69, 9.17) is 4.74 Å². The van der Waals surface area contributed by atoms with Crippen molar-refractivity contribution in [2.45, 2.75) is 63.5 Å². The summed E-state index contributed by atoms with van der Waals surface area (Å²) in [7, 11) is 1.56. The molecule has 9 heteroatoms. The number of rotatable bonds is 7. The van der Waals surface area contributed by atoms with E-state index >= 15 is 0 Å². The zero-order valence-corrected chi connectivity index (χ0v) is 17.7. The lowest BCUT2D eigenvalue weighted by Gasteiger charge is -2.29. The number of methoxy groups -OCH3 is 1. The largest absolute Gasteiger partial charge is 0.497 e. The Morgan fingerprint density at radius 3 is 2.55 bits per heavy atom. The molecule has 164 valence electrons. The van der Waals surface area contributed by atoms with Crippen LogP contribution < -0.4 is 10.1 Å². The number of likely N-dealkylation sites (tertiary alicyclic amines) is 1. The van der Waals surface area contributed by atoms with Gasteiger partial charge < -0.3 is 10.1 Å². The van der Waals surface area contributed by atoms with Gasteiger partial charge in [0.05, 0.1) is 19.1 Å². The highest BCUT2D eigenvalue weighted by Crippen LogP contribution is 2.43. The lowest BCUT2D eigenvalue weighted by molar-refractivity contribution is -0.143. The van der Waals surface area contributed by atoms with E-state index in [-0.39, 0.29) is 43.1 Å². The van der Waals surface area contributed by atoms with Crippen molar-refractivity contribution in [1.29, 1.82) is 0 Å². The van der Waals surface area contributed by atoms with Gasteiger partial charge in [-0.2, -0.15) is 0 Å². The van der Waals surface area contributed by atoms with Crippen LogP contribution in [0.15, 0.2) is 28.9 Å². The Labute approximate surface area is 180 Å². The number of hydrogen-bond donors (Lipinski definition) is 1. The van der Waals surface area contributed by atoms with E-state index in [1.165, 1.54) is 4.90 Å². The predicted molar refractivity (Wildman–Crippen MR) is 109 cm³/mol. The molecule has 1 aliphatic carbocycles. The van der Waals surface area contributed by atoms with E-state index in [1.807, 2.05) is 0 Å². The molecule has 0 bridgehead atoms. The first-order chi connectivity index (χ1) is 14.9. The Hall–Kier alpha value is -3.23. The fraction of sp³-hybridized carbons (Fsp3) is 0.500. The first-order valence-electron chi connectivity index (χ1n) is 10.5. The molecule has 2 fully saturated rings. The Kier molecular flexibility index (Phi) is 5.75. The van der Waals surface area contributed by atoms with Crippen molar-refractivity contribution in [1.82, 2.24) is 20.5 Å². The summed E-state index contributed by atoms with van der Waals surface area (Å²) in [5.41, 5.74) is 0.521. The van der Waals surface area contributed by atoms with Crippen LogP contribution in [0.1, 0.15) is 55.5 Å². The van der Waals surface area contributed by atoms with Gasteiger partial charge >= 0.3 is 0 Å². The SMILES string of the molecule is COc1ccc([C@@]2(CC(=O)NCc3nonc3C)CC(=O)N(C3CCCC3)C2=O)cc1. The van der Waals surface area contributed by atoms with Crippen LogP contribution in [0.4, 0.5) is 0 Å². The second-order valence-electron chi connectivity index (χ2n) is 8.24. The smallest absolute Gasteiger partial charge is 0.241 e. The highest BCUT2D eigenvalue weighted by Gasteiger charge is 2.55. The number of nitrogens with one attached hydrogen (secondary N) is 1. The maximum atomic E-state index is 13.7. The summed E-state index contributed by atoms with van der Waals surface area (Å²) in [4.78, 5) is 40.9. The van der Waals surface area contributed by atoms with E-state index in [0.29, 0.717) is 22.7 Å².